The van der Waals surface area contributed by atoms with Crippen molar-refractivity contribution >= 4 is 0 Å². The van der Waals surface area contributed by atoms with Crippen LogP contribution in [0.25, 0.3) is 0 Å². The number of nitrogens with two attached hydrogens (primary N) is 1. The summed E-state index contributed by atoms with van der Waals surface area (Å²) in [5.74, 6) is 5.39. The van der Waals surface area contributed by atoms with Gasteiger partial charge in [-0.15, -0.1) is 0 Å². The first-order chi connectivity index (χ1) is 4.72. The van der Waals surface area contributed by atoms with Crippen LogP contribution in [0, 0.1) is 5.41 Å². The molecule has 0 aromatic heterocycles. The summed E-state index contributed by atoms with van der Waals surface area (Å²) < 4.78 is 0. The molecule has 3 N–H and O–H groups in total. The third kappa shape index (κ3) is 2.64. The fourth-order valence-corrected chi connectivity index (χ4v) is 1.02. The van der Waals surface area contributed by atoms with E-state index < -0.39 is 0 Å². The van der Waals surface area contributed by atoms with Crippen molar-refractivity contribution in [2.45, 2.75) is 40.2 Å². The Kier molecular flexibility index (Phi) is 2.86. The minimum Gasteiger partial charge on any atom is -0.271 e. The SMILES string of the molecule is C=C(C(C)(C)C)C(C)(C)NN. The Morgan fingerprint density at radius 3 is 1.64 bits per heavy atom. The molecule has 0 spiro atoms. The first-order valence-electron chi connectivity index (χ1n) is 3.89. The second kappa shape index (κ2) is 2.95. The van der Waals surface area contributed by atoms with Gasteiger partial charge in [0.2, 0.25) is 0 Å². The minimum atomic E-state index is -0.182. The van der Waals surface area contributed by atoms with Gasteiger partial charge in [-0.05, 0) is 19.3 Å². The monoisotopic (exact) mass is 156 g/mol. The Balaban J connectivity index is 4.50. The minimum absolute atomic E-state index is 0.107. The average Bonchev–Trinajstić information content (AvgIpc) is 1.84. The molecule has 11 heavy (non-hydrogen) atoms. The van der Waals surface area contributed by atoms with Crippen molar-refractivity contribution in [1.29, 1.82) is 0 Å². The smallest absolute Gasteiger partial charge is 0.0475 e. The summed E-state index contributed by atoms with van der Waals surface area (Å²) in [4.78, 5) is 0. The van der Waals surface area contributed by atoms with E-state index in [9.17, 15) is 0 Å². The van der Waals surface area contributed by atoms with Crippen LogP contribution in [0.4, 0.5) is 0 Å². The molecule has 66 valence electrons. The summed E-state index contributed by atoms with van der Waals surface area (Å²) in [5, 5.41) is 0. The second-order valence-corrected chi connectivity index (χ2v) is 4.50. The van der Waals surface area contributed by atoms with Crippen LogP contribution in [0.5, 0.6) is 0 Å². The molecule has 0 heterocycles. The lowest BCUT2D eigenvalue weighted by molar-refractivity contribution is 0.361. The lowest BCUT2D eigenvalue weighted by atomic mass is 9.77. The van der Waals surface area contributed by atoms with E-state index in [0.29, 0.717) is 0 Å². The van der Waals surface area contributed by atoms with Crippen molar-refractivity contribution in [3.8, 4) is 0 Å². The first-order valence-corrected chi connectivity index (χ1v) is 3.89. The van der Waals surface area contributed by atoms with Crippen LogP contribution >= 0.6 is 0 Å². The largest absolute Gasteiger partial charge is 0.271 e. The first kappa shape index (κ1) is 10.7. The van der Waals surface area contributed by atoms with E-state index in [4.69, 9.17) is 5.84 Å². The topological polar surface area (TPSA) is 38.0 Å². The van der Waals surface area contributed by atoms with E-state index in [2.05, 4.69) is 32.8 Å². The molecule has 0 radical (unpaired) electrons. The van der Waals surface area contributed by atoms with Crippen molar-refractivity contribution in [1.82, 2.24) is 5.43 Å². The molecule has 2 heteroatoms. The number of rotatable bonds is 2. The summed E-state index contributed by atoms with van der Waals surface area (Å²) >= 11 is 0. The summed E-state index contributed by atoms with van der Waals surface area (Å²) in [6.07, 6.45) is 0. The van der Waals surface area contributed by atoms with Crippen LogP contribution in [0.1, 0.15) is 34.6 Å². The zero-order valence-electron chi connectivity index (χ0n) is 8.28. The van der Waals surface area contributed by atoms with Crippen LogP contribution in [0.2, 0.25) is 0 Å². The van der Waals surface area contributed by atoms with Gasteiger partial charge in [0, 0.05) is 5.54 Å². The molecular weight excluding hydrogens is 136 g/mol. The lowest BCUT2D eigenvalue weighted by Crippen LogP contribution is -2.48. The molecule has 0 fully saturated rings. The highest BCUT2D eigenvalue weighted by Crippen LogP contribution is 2.31. The molecule has 0 saturated heterocycles. The standard InChI is InChI=1S/C9H20N2/c1-7(8(2,3)4)9(5,6)11-10/h11H,1,10H2,2-6H3. The third-order valence-electron chi connectivity index (χ3n) is 2.02. The second-order valence-electron chi connectivity index (χ2n) is 4.50. The summed E-state index contributed by atoms with van der Waals surface area (Å²) in [5.41, 5.74) is 3.79. The molecule has 0 amide bonds. The Labute approximate surface area is 69.8 Å². The van der Waals surface area contributed by atoms with Gasteiger partial charge in [0.05, 0.1) is 0 Å². The van der Waals surface area contributed by atoms with Gasteiger partial charge in [0.1, 0.15) is 0 Å². The van der Waals surface area contributed by atoms with Gasteiger partial charge in [-0.3, -0.25) is 11.3 Å². The Bertz CT molecular complexity index is 151. The third-order valence-corrected chi connectivity index (χ3v) is 2.02. The van der Waals surface area contributed by atoms with Crippen LogP contribution in [-0.4, -0.2) is 5.54 Å². The molecule has 0 aliphatic carbocycles. The Hall–Kier alpha value is -0.340. The van der Waals surface area contributed by atoms with Crippen molar-refractivity contribution in [3.63, 3.8) is 0 Å². The maximum Gasteiger partial charge on any atom is 0.0475 e. The molecule has 0 rings (SSSR count). The van der Waals surface area contributed by atoms with Gasteiger partial charge in [0.15, 0.2) is 0 Å². The molecule has 0 aliphatic rings. The zero-order valence-corrected chi connectivity index (χ0v) is 8.28. The van der Waals surface area contributed by atoms with Crippen molar-refractivity contribution in [2.24, 2.45) is 11.3 Å². The van der Waals surface area contributed by atoms with E-state index >= 15 is 0 Å². The molecule has 2 nitrogen and oxygen atoms in total. The lowest BCUT2D eigenvalue weighted by Gasteiger charge is -2.35. The molecule has 0 aliphatic heterocycles. The highest BCUT2D eigenvalue weighted by Gasteiger charge is 2.28. The molecule has 0 aromatic carbocycles. The van der Waals surface area contributed by atoms with E-state index in [0.717, 1.165) is 5.57 Å². The molecule has 0 unspecified atom stereocenters. The van der Waals surface area contributed by atoms with Gasteiger partial charge < -0.3 is 0 Å². The van der Waals surface area contributed by atoms with Gasteiger partial charge in [0.25, 0.3) is 0 Å². The quantitative estimate of drug-likeness (QED) is 0.363. The van der Waals surface area contributed by atoms with Crippen LogP contribution < -0.4 is 11.3 Å². The van der Waals surface area contributed by atoms with Crippen LogP contribution in [0.15, 0.2) is 12.2 Å². The Morgan fingerprint density at radius 2 is 1.55 bits per heavy atom. The number of hydrazine groups is 1. The zero-order chi connectivity index (χ0) is 9.28. The highest BCUT2D eigenvalue weighted by atomic mass is 15.3. The number of hydrogen-bond acceptors (Lipinski definition) is 2. The normalized spacial score (nSPS) is 13.3. The van der Waals surface area contributed by atoms with Gasteiger partial charge in [-0.1, -0.05) is 32.9 Å². The van der Waals surface area contributed by atoms with Gasteiger partial charge >= 0.3 is 0 Å². The van der Waals surface area contributed by atoms with Crippen LogP contribution in [0.3, 0.4) is 0 Å². The van der Waals surface area contributed by atoms with Gasteiger partial charge in [-0.2, -0.15) is 0 Å². The van der Waals surface area contributed by atoms with E-state index in [-0.39, 0.29) is 11.0 Å². The maximum absolute atomic E-state index is 5.39. The van der Waals surface area contributed by atoms with Crippen molar-refractivity contribution in [3.05, 3.63) is 12.2 Å². The van der Waals surface area contributed by atoms with Crippen LogP contribution in [-0.2, 0) is 0 Å². The molecular formula is C9H20N2. The van der Waals surface area contributed by atoms with E-state index in [1.807, 2.05) is 13.8 Å². The fraction of sp³-hybridized carbons (Fsp3) is 0.778. The van der Waals surface area contributed by atoms with Crippen molar-refractivity contribution in [2.75, 3.05) is 0 Å². The molecule has 0 bridgehead atoms. The predicted octanol–water partition coefficient (Wildman–Crippen LogP) is 1.83. The summed E-state index contributed by atoms with van der Waals surface area (Å²) in [6, 6.07) is 0. The molecule has 0 aromatic rings. The maximum atomic E-state index is 5.39. The van der Waals surface area contributed by atoms with Gasteiger partial charge in [-0.25, -0.2) is 0 Å². The molecule has 0 atom stereocenters. The highest BCUT2D eigenvalue weighted by molar-refractivity contribution is 5.19. The van der Waals surface area contributed by atoms with E-state index in [1.54, 1.807) is 0 Å². The number of hydrogen-bond donors (Lipinski definition) is 2. The fourth-order valence-electron chi connectivity index (χ4n) is 1.02. The number of nitrogens with one attached hydrogen (secondary N) is 1. The van der Waals surface area contributed by atoms with E-state index in [1.165, 1.54) is 0 Å². The average molecular weight is 156 g/mol. The Morgan fingerprint density at radius 1 is 1.18 bits per heavy atom. The summed E-state index contributed by atoms with van der Waals surface area (Å²) in [6.45, 7) is 14.5. The predicted molar refractivity (Wildman–Crippen MR) is 50.0 cm³/mol. The summed E-state index contributed by atoms with van der Waals surface area (Å²) in [7, 11) is 0. The molecule has 0 saturated carbocycles. The van der Waals surface area contributed by atoms with Crippen molar-refractivity contribution < 1.29 is 0 Å².